The first-order valence-corrected chi connectivity index (χ1v) is 12.9. The first-order chi connectivity index (χ1) is 18.7. The number of amides is 2. The normalized spacial score (nSPS) is 25.2. The van der Waals surface area contributed by atoms with Gasteiger partial charge in [-0.05, 0) is 73.3 Å². The molecule has 0 aromatic heterocycles. The Morgan fingerprint density at radius 1 is 1.18 bits per heavy atom. The van der Waals surface area contributed by atoms with Crippen molar-refractivity contribution in [2.75, 3.05) is 11.5 Å². The Kier molecular flexibility index (Phi) is 7.39. The van der Waals surface area contributed by atoms with Gasteiger partial charge in [-0.3, -0.25) is 19.7 Å². The van der Waals surface area contributed by atoms with Crippen molar-refractivity contribution in [1.29, 1.82) is 0 Å². The molecule has 2 heterocycles. The van der Waals surface area contributed by atoms with Crippen molar-refractivity contribution in [3.63, 3.8) is 0 Å². The Balaban J connectivity index is 1.42. The molecule has 2 aromatic carbocycles. The van der Waals surface area contributed by atoms with E-state index in [2.05, 4.69) is 0 Å². The van der Waals surface area contributed by atoms with Crippen molar-refractivity contribution >= 4 is 36.4 Å². The molecule has 0 unspecified atom stereocenters. The number of phenols is 1. The van der Waals surface area contributed by atoms with Crippen molar-refractivity contribution in [2.24, 2.45) is 17.8 Å². The zero-order valence-corrected chi connectivity index (χ0v) is 21.4. The van der Waals surface area contributed by atoms with E-state index in [9.17, 15) is 34.9 Å². The number of rotatable bonds is 7. The highest BCUT2D eigenvalue weighted by atomic mass is 16.6. The molecule has 2 aliphatic heterocycles. The predicted molar refractivity (Wildman–Crippen MR) is 143 cm³/mol. The number of aromatic hydroxyl groups is 1. The Morgan fingerprint density at radius 3 is 2.67 bits per heavy atom. The van der Waals surface area contributed by atoms with Crippen molar-refractivity contribution in [1.82, 2.24) is 0 Å². The number of aliphatic hydroxyl groups excluding tert-OH is 1. The van der Waals surface area contributed by atoms with E-state index in [4.69, 9.17) is 4.65 Å². The molecule has 202 valence electrons. The lowest BCUT2D eigenvalue weighted by atomic mass is 9.58. The second kappa shape index (κ2) is 10.8. The molecule has 3 aliphatic rings. The number of nitrogens with zero attached hydrogens (tertiary/aromatic N) is 2. The van der Waals surface area contributed by atoms with Crippen LogP contribution in [0.3, 0.4) is 0 Å². The molecule has 0 bridgehead atoms. The van der Waals surface area contributed by atoms with Crippen LogP contribution < -0.4 is 4.90 Å². The van der Waals surface area contributed by atoms with E-state index in [1.165, 1.54) is 24.3 Å². The molecule has 0 radical (unpaired) electrons. The number of hydrogen-bond acceptors (Lipinski definition) is 8. The van der Waals surface area contributed by atoms with E-state index in [1.807, 2.05) is 19.1 Å². The minimum absolute atomic E-state index is 0.108. The molecule has 3 N–H and O–H groups in total. The summed E-state index contributed by atoms with van der Waals surface area (Å²) >= 11 is 0. The highest BCUT2D eigenvalue weighted by Crippen LogP contribution is 2.51. The van der Waals surface area contributed by atoms with Gasteiger partial charge in [0, 0.05) is 12.1 Å². The summed E-state index contributed by atoms with van der Waals surface area (Å²) in [5.74, 6) is -2.74. The van der Waals surface area contributed by atoms with E-state index in [-0.39, 0.29) is 36.5 Å². The van der Waals surface area contributed by atoms with Crippen molar-refractivity contribution in [3.05, 3.63) is 80.9 Å². The van der Waals surface area contributed by atoms with Gasteiger partial charge in [-0.1, -0.05) is 29.8 Å². The maximum atomic E-state index is 13.7. The molecular formula is C28H29BN2O8. The maximum Gasteiger partial charge on any atom is 0.455 e. The molecule has 2 fully saturated rings. The summed E-state index contributed by atoms with van der Waals surface area (Å²) in [6.07, 6.45) is 2.77. The van der Waals surface area contributed by atoms with E-state index in [1.54, 1.807) is 18.2 Å². The number of hydrogen-bond donors (Lipinski definition) is 3. The van der Waals surface area contributed by atoms with E-state index in [0.717, 1.165) is 21.6 Å². The first kappa shape index (κ1) is 26.8. The number of fused-ring (bicyclic) bond motifs is 3. The summed E-state index contributed by atoms with van der Waals surface area (Å²) in [6, 6.07) is 12.3. The zero-order chi connectivity index (χ0) is 27.8. The molecule has 2 aromatic rings. The van der Waals surface area contributed by atoms with Crippen molar-refractivity contribution in [3.8, 4) is 5.75 Å². The molecule has 1 aliphatic carbocycles. The maximum absolute atomic E-state index is 13.7. The smallest absolute Gasteiger partial charge is 0.455 e. The number of carbonyl (C=O) groups is 2. The standard InChI is InChI=1S/C28H29BN2O8/c1-16(10-17-4-2-7-21(33)11-17)8-9-24-25-18(15-32)12-22-26(23(25)14-29(36)39-24)28(35)30(27(22)34)19-5-3-6-20(13-19)31(37)38/h2-7,10-11,13,22-24,26,32-33,36H,8-9,12,14-15H2,1H3/b16-10+/t22-,23+,24-,26-/m1/s1. The van der Waals surface area contributed by atoms with Crippen LogP contribution in [0, 0.1) is 27.9 Å². The second-order valence-electron chi connectivity index (χ2n) is 10.4. The summed E-state index contributed by atoms with van der Waals surface area (Å²) in [7, 11) is -1.15. The van der Waals surface area contributed by atoms with Crippen LogP contribution in [-0.2, 0) is 14.2 Å². The van der Waals surface area contributed by atoms with Gasteiger partial charge in [0.1, 0.15) is 5.75 Å². The van der Waals surface area contributed by atoms with Gasteiger partial charge in [-0.15, -0.1) is 0 Å². The van der Waals surface area contributed by atoms with Crippen LogP contribution in [0.1, 0.15) is 31.7 Å². The molecule has 2 amide bonds. The van der Waals surface area contributed by atoms with Gasteiger partial charge >= 0.3 is 7.12 Å². The van der Waals surface area contributed by atoms with E-state index in [0.29, 0.717) is 18.4 Å². The minimum Gasteiger partial charge on any atom is -0.508 e. The molecule has 5 rings (SSSR count). The van der Waals surface area contributed by atoms with Crippen molar-refractivity contribution < 1.29 is 34.4 Å². The fraction of sp³-hybridized carbons (Fsp3) is 0.357. The van der Waals surface area contributed by atoms with Crippen molar-refractivity contribution in [2.45, 2.75) is 38.6 Å². The highest BCUT2D eigenvalue weighted by molar-refractivity contribution is 6.43. The number of nitro groups is 1. The molecule has 2 saturated heterocycles. The lowest BCUT2D eigenvalue weighted by Crippen LogP contribution is -2.46. The fourth-order valence-electron chi connectivity index (χ4n) is 6.24. The topological polar surface area (TPSA) is 150 Å². The summed E-state index contributed by atoms with van der Waals surface area (Å²) in [6.45, 7) is 1.65. The molecule has 0 spiro atoms. The van der Waals surface area contributed by atoms with Crippen LogP contribution >= 0.6 is 0 Å². The Bertz CT molecular complexity index is 1390. The second-order valence-corrected chi connectivity index (χ2v) is 10.4. The fourth-order valence-corrected chi connectivity index (χ4v) is 6.24. The Morgan fingerprint density at radius 2 is 1.95 bits per heavy atom. The molecule has 4 atom stereocenters. The minimum atomic E-state index is -1.15. The monoisotopic (exact) mass is 532 g/mol. The number of phenolic OH excluding ortho intramolecular Hbond substituents is 1. The average Bonchev–Trinajstić information content (AvgIpc) is 3.16. The molecule has 11 heteroatoms. The Hall–Kier alpha value is -3.80. The SMILES string of the molecule is C/C(=C\c1cccc(O)c1)CC[C@H]1OB(O)C[C@H]2C1=C(CO)C[C@H]1C(=O)N(c3cccc([N+](=O)[O-])c3)C(=O)[C@H]12. The lowest BCUT2D eigenvalue weighted by Gasteiger charge is -2.42. The third kappa shape index (κ3) is 5.12. The number of imide groups is 1. The number of anilines is 1. The highest BCUT2D eigenvalue weighted by Gasteiger charge is 2.57. The van der Waals surface area contributed by atoms with Gasteiger partial charge in [0.2, 0.25) is 11.8 Å². The molecule has 39 heavy (non-hydrogen) atoms. The summed E-state index contributed by atoms with van der Waals surface area (Å²) in [5.41, 5.74) is 3.17. The molecule has 10 nitrogen and oxygen atoms in total. The molecule has 0 saturated carbocycles. The van der Waals surface area contributed by atoms with Gasteiger partial charge in [0.25, 0.3) is 5.69 Å². The number of nitro benzene ring substituents is 1. The summed E-state index contributed by atoms with van der Waals surface area (Å²) in [4.78, 5) is 38.9. The molecular weight excluding hydrogens is 503 g/mol. The van der Waals surface area contributed by atoms with E-state index < -0.39 is 47.7 Å². The van der Waals surface area contributed by atoms with Crippen LogP contribution in [-0.4, -0.2) is 51.8 Å². The summed E-state index contributed by atoms with van der Waals surface area (Å²) in [5, 5.41) is 41.9. The van der Waals surface area contributed by atoms with Crippen LogP contribution in [0.25, 0.3) is 6.08 Å². The van der Waals surface area contributed by atoms with E-state index >= 15 is 0 Å². The number of benzene rings is 2. The Labute approximate surface area is 225 Å². The number of non-ortho nitro benzene ring substituents is 1. The number of aliphatic hydroxyl groups is 1. The van der Waals surface area contributed by atoms with Crippen LogP contribution in [0.15, 0.2) is 65.3 Å². The number of carbonyl (C=O) groups excluding carboxylic acids is 2. The van der Waals surface area contributed by atoms with Gasteiger partial charge in [0.15, 0.2) is 0 Å². The first-order valence-electron chi connectivity index (χ1n) is 12.9. The van der Waals surface area contributed by atoms with Gasteiger partial charge < -0.3 is 19.9 Å². The van der Waals surface area contributed by atoms with Crippen LogP contribution in [0.4, 0.5) is 11.4 Å². The van der Waals surface area contributed by atoms with Gasteiger partial charge in [0.05, 0.1) is 35.2 Å². The van der Waals surface area contributed by atoms with Gasteiger partial charge in [-0.25, -0.2) is 4.90 Å². The van der Waals surface area contributed by atoms with Crippen LogP contribution in [0.5, 0.6) is 5.75 Å². The number of allylic oxidation sites excluding steroid dienone is 1. The van der Waals surface area contributed by atoms with Crippen LogP contribution in [0.2, 0.25) is 6.32 Å². The third-order valence-electron chi connectivity index (χ3n) is 7.88. The summed E-state index contributed by atoms with van der Waals surface area (Å²) < 4.78 is 5.91. The van der Waals surface area contributed by atoms with Gasteiger partial charge in [-0.2, -0.15) is 0 Å². The largest absolute Gasteiger partial charge is 0.508 e. The zero-order valence-electron chi connectivity index (χ0n) is 21.4. The lowest BCUT2D eigenvalue weighted by molar-refractivity contribution is -0.384. The third-order valence-corrected chi connectivity index (χ3v) is 7.88. The predicted octanol–water partition coefficient (Wildman–Crippen LogP) is 3.48. The quantitative estimate of drug-likeness (QED) is 0.161. The average molecular weight is 532 g/mol.